The third-order valence-corrected chi connectivity index (χ3v) is 5.16. The third-order valence-electron chi connectivity index (χ3n) is 5.16. The molecule has 5 nitrogen and oxygen atoms in total. The summed E-state index contributed by atoms with van der Waals surface area (Å²) in [7, 11) is 1.83. The molecule has 2 saturated heterocycles. The molecular formula is C17H34N4O. The fourth-order valence-corrected chi connectivity index (χ4v) is 3.31. The highest BCUT2D eigenvalue weighted by molar-refractivity contribution is 5.79. The molecule has 0 aromatic heterocycles. The van der Waals surface area contributed by atoms with Crippen molar-refractivity contribution >= 4 is 5.96 Å². The quantitative estimate of drug-likeness (QED) is 0.601. The van der Waals surface area contributed by atoms with Crippen molar-refractivity contribution in [3.8, 4) is 0 Å². The van der Waals surface area contributed by atoms with Crippen molar-refractivity contribution in [3.05, 3.63) is 0 Å². The molecule has 0 saturated carbocycles. The molecule has 0 aromatic carbocycles. The normalized spacial score (nSPS) is 29.5. The molecule has 0 radical (unpaired) electrons. The maximum absolute atomic E-state index is 5.81. The number of aliphatic imine (C=N–C) groups is 1. The van der Waals surface area contributed by atoms with Crippen LogP contribution in [0, 0.1) is 5.92 Å². The molecule has 0 spiro atoms. The molecule has 0 aliphatic carbocycles. The number of guanidine groups is 1. The number of hydrogen-bond acceptors (Lipinski definition) is 3. The Morgan fingerprint density at radius 3 is 2.68 bits per heavy atom. The standard InChI is InChI=1S/C17H34N4O/c1-14-6-9-21(10-7-14)15(2)12-19-16(18-4)20-13-17(3)8-5-11-22-17/h14-15H,5-13H2,1-4H3,(H2,18,19,20). The zero-order valence-corrected chi connectivity index (χ0v) is 14.8. The Bertz CT molecular complexity index is 358. The number of hydrogen-bond donors (Lipinski definition) is 2. The minimum atomic E-state index is -0.0355. The lowest BCUT2D eigenvalue weighted by atomic mass is 9.98. The molecule has 0 aromatic rings. The SMILES string of the molecule is CN=C(NCC(C)N1CCC(C)CC1)NCC1(C)CCCO1. The second-order valence-electron chi connectivity index (χ2n) is 7.28. The summed E-state index contributed by atoms with van der Waals surface area (Å²) >= 11 is 0. The Morgan fingerprint density at radius 1 is 1.36 bits per heavy atom. The van der Waals surface area contributed by atoms with Gasteiger partial charge in [0.1, 0.15) is 0 Å². The number of nitrogens with one attached hydrogen (secondary N) is 2. The number of rotatable bonds is 5. The second kappa shape index (κ2) is 8.16. The maximum Gasteiger partial charge on any atom is 0.191 e. The first-order valence-electron chi connectivity index (χ1n) is 8.85. The Balaban J connectivity index is 1.69. The molecule has 0 bridgehead atoms. The smallest absolute Gasteiger partial charge is 0.191 e. The van der Waals surface area contributed by atoms with E-state index in [0.717, 1.165) is 44.4 Å². The Hall–Kier alpha value is -0.810. The highest BCUT2D eigenvalue weighted by Gasteiger charge is 2.29. The molecule has 0 amide bonds. The molecule has 2 aliphatic rings. The van der Waals surface area contributed by atoms with Crippen molar-refractivity contribution in [1.82, 2.24) is 15.5 Å². The Kier molecular flexibility index (Phi) is 6.50. The number of ether oxygens (including phenoxy) is 1. The Labute approximate surface area is 135 Å². The van der Waals surface area contributed by atoms with Crippen LogP contribution in [0.4, 0.5) is 0 Å². The fourth-order valence-electron chi connectivity index (χ4n) is 3.31. The molecule has 2 fully saturated rings. The van der Waals surface area contributed by atoms with Crippen molar-refractivity contribution in [2.45, 2.75) is 58.1 Å². The van der Waals surface area contributed by atoms with Gasteiger partial charge in [0, 0.05) is 32.8 Å². The van der Waals surface area contributed by atoms with E-state index >= 15 is 0 Å². The van der Waals surface area contributed by atoms with E-state index < -0.39 is 0 Å². The van der Waals surface area contributed by atoms with Crippen LogP contribution in [0.3, 0.4) is 0 Å². The predicted molar refractivity (Wildman–Crippen MR) is 92.4 cm³/mol. The minimum absolute atomic E-state index is 0.0355. The zero-order chi connectivity index (χ0) is 16.0. The molecule has 2 aliphatic heterocycles. The average molecular weight is 310 g/mol. The first-order chi connectivity index (χ1) is 10.5. The summed E-state index contributed by atoms with van der Waals surface area (Å²) in [6.45, 7) is 11.9. The van der Waals surface area contributed by atoms with Crippen LogP contribution in [0.1, 0.15) is 46.5 Å². The van der Waals surface area contributed by atoms with Gasteiger partial charge in [-0.2, -0.15) is 0 Å². The summed E-state index contributed by atoms with van der Waals surface area (Å²) in [6.07, 6.45) is 4.94. The van der Waals surface area contributed by atoms with Gasteiger partial charge in [0.2, 0.25) is 0 Å². The molecule has 5 heteroatoms. The zero-order valence-electron chi connectivity index (χ0n) is 14.8. The van der Waals surface area contributed by atoms with Crippen molar-refractivity contribution in [2.75, 3.05) is 39.8 Å². The van der Waals surface area contributed by atoms with E-state index in [-0.39, 0.29) is 5.60 Å². The first kappa shape index (κ1) is 17.5. The summed E-state index contributed by atoms with van der Waals surface area (Å²) in [5.74, 6) is 1.77. The topological polar surface area (TPSA) is 48.9 Å². The maximum atomic E-state index is 5.81. The molecule has 2 unspecified atom stereocenters. The number of likely N-dealkylation sites (tertiary alicyclic amines) is 1. The van der Waals surface area contributed by atoms with Gasteiger partial charge in [-0.3, -0.25) is 9.89 Å². The number of piperidine rings is 1. The second-order valence-corrected chi connectivity index (χ2v) is 7.28. The van der Waals surface area contributed by atoms with Crippen LogP contribution in [0.15, 0.2) is 4.99 Å². The van der Waals surface area contributed by atoms with E-state index in [9.17, 15) is 0 Å². The van der Waals surface area contributed by atoms with Gasteiger partial charge >= 0.3 is 0 Å². The van der Waals surface area contributed by atoms with Crippen molar-refractivity contribution in [1.29, 1.82) is 0 Å². The van der Waals surface area contributed by atoms with E-state index in [0.29, 0.717) is 6.04 Å². The summed E-state index contributed by atoms with van der Waals surface area (Å²) in [6, 6.07) is 0.546. The predicted octanol–water partition coefficient (Wildman–Crippen LogP) is 1.84. The van der Waals surface area contributed by atoms with Crippen LogP contribution in [0.25, 0.3) is 0 Å². The Morgan fingerprint density at radius 2 is 2.09 bits per heavy atom. The van der Waals surface area contributed by atoms with Gasteiger partial charge in [0.15, 0.2) is 5.96 Å². The molecule has 2 atom stereocenters. The van der Waals surface area contributed by atoms with Crippen molar-refractivity contribution in [2.24, 2.45) is 10.9 Å². The van der Waals surface area contributed by atoms with Crippen molar-refractivity contribution < 1.29 is 4.74 Å². The highest BCUT2D eigenvalue weighted by Crippen LogP contribution is 2.23. The van der Waals surface area contributed by atoms with Crippen LogP contribution >= 0.6 is 0 Å². The summed E-state index contributed by atoms with van der Waals surface area (Å²) in [5.41, 5.74) is -0.0355. The third kappa shape index (κ3) is 5.13. The molecule has 22 heavy (non-hydrogen) atoms. The van der Waals surface area contributed by atoms with E-state index in [1.165, 1.54) is 25.9 Å². The van der Waals surface area contributed by atoms with Crippen LogP contribution in [-0.2, 0) is 4.74 Å². The monoisotopic (exact) mass is 310 g/mol. The van der Waals surface area contributed by atoms with Crippen LogP contribution in [0.5, 0.6) is 0 Å². The fraction of sp³-hybridized carbons (Fsp3) is 0.941. The van der Waals surface area contributed by atoms with Gasteiger partial charge in [-0.15, -0.1) is 0 Å². The summed E-state index contributed by atoms with van der Waals surface area (Å²) in [5, 5.41) is 6.87. The van der Waals surface area contributed by atoms with Gasteiger partial charge in [-0.25, -0.2) is 0 Å². The van der Waals surface area contributed by atoms with Gasteiger partial charge in [-0.1, -0.05) is 6.92 Å². The van der Waals surface area contributed by atoms with Crippen LogP contribution in [0.2, 0.25) is 0 Å². The lowest BCUT2D eigenvalue weighted by molar-refractivity contribution is 0.0242. The molecule has 2 N–H and O–H groups in total. The van der Waals surface area contributed by atoms with Gasteiger partial charge in [-0.05, 0) is 58.5 Å². The lowest BCUT2D eigenvalue weighted by Gasteiger charge is -2.35. The number of nitrogens with zero attached hydrogens (tertiary/aromatic N) is 2. The van der Waals surface area contributed by atoms with Gasteiger partial charge in [0.05, 0.1) is 5.60 Å². The first-order valence-corrected chi connectivity index (χ1v) is 8.85. The van der Waals surface area contributed by atoms with Crippen LogP contribution < -0.4 is 10.6 Å². The van der Waals surface area contributed by atoms with E-state index in [1.807, 2.05) is 7.05 Å². The van der Waals surface area contributed by atoms with Crippen LogP contribution in [-0.4, -0.2) is 62.3 Å². The largest absolute Gasteiger partial charge is 0.373 e. The van der Waals surface area contributed by atoms with E-state index in [2.05, 4.69) is 41.3 Å². The summed E-state index contributed by atoms with van der Waals surface area (Å²) in [4.78, 5) is 6.91. The minimum Gasteiger partial charge on any atom is -0.373 e. The lowest BCUT2D eigenvalue weighted by Crippen LogP contribution is -2.50. The molecule has 2 heterocycles. The van der Waals surface area contributed by atoms with Gasteiger partial charge in [0.25, 0.3) is 0 Å². The van der Waals surface area contributed by atoms with Gasteiger partial charge < -0.3 is 15.4 Å². The average Bonchev–Trinajstić information content (AvgIpc) is 2.95. The van der Waals surface area contributed by atoms with E-state index in [1.54, 1.807) is 0 Å². The van der Waals surface area contributed by atoms with E-state index in [4.69, 9.17) is 4.74 Å². The molecule has 128 valence electrons. The highest BCUT2D eigenvalue weighted by atomic mass is 16.5. The molecular weight excluding hydrogens is 276 g/mol. The molecule has 2 rings (SSSR count). The summed E-state index contributed by atoms with van der Waals surface area (Å²) < 4.78 is 5.81. The van der Waals surface area contributed by atoms with Crippen molar-refractivity contribution in [3.63, 3.8) is 0 Å².